The molecule has 0 spiro atoms. The van der Waals surface area contributed by atoms with Crippen molar-refractivity contribution in [2.75, 3.05) is 13.1 Å². The number of halogens is 1. The molecule has 25 heavy (non-hydrogen) atoms. The van der Waals surface area contributed by atoms with Crippen LogP contribution in [0.15, 0.2) is 47.5 Å². The minimum Gasteiger partial charge on any atom is -0.347 e. The molecule has 2 atom stereocenters. The lowest BCUT2D eigenvalue weighted by molar-refractivity contribution is 0.0136. The number of aromatic nitrogens is 2. The van der Waals surface area contributed by atoms with Crippen molar-refractivity contribution in [3.63, 3.8) is 0 Å². The molecule has 0 saturated carbocycles. The van der Waals surface area contributed by atoms with E-state index in [0.717, 1.165) is 36.8 Å². The van der Waals surface area contributed by atoms with Gasteiger partial charge in [-0.2, -0.15) is 0 Å². The fourth-order valence-electron chi connectivity index (χ4n) is 4.15. The van der Waals surface area contributed by atoms with Crippen LogP contribution in [0.25, 0.3) is 0 Å². The van der Waals surface area contributed by atoms with Crippen LogP contribution in [-0.4, -0.2) is 45.9 Å². The summed E-state index contributed by atoms with van der Waals surface area (Å²) in [4.78, 5) is 23.6. The lowest BCUT2D eigenvalue weighted by Gasteiger charge is -2.51. The standard InChI is InChI=1S/C19H21BrN4O/c20-16-9-15(11-22-12-16)19(25)23-18-14-3-6-24(7-4-14)17(18)8-13-2-1-5-21-10-13/h1-2,5,9-12,14,17-18H,3-4,6-8H2,(H,23,25)/t17-,18-/m1/s1. The molecule has 2 bridgehead atoms. The monoisotopic (exact) mass is 400 g/mol. The molecular formula is C19H21BrN4O. The molecule has 0 aromatic carbocycles. The topological polar surface area (TPSA) is 58.1 Å². The lowest BCUT2D eigenvalue weighted by Crippen LogP contribution is -2.64. The largest absolute Gasteiger partial charge is 0.347 e. The first-order valence-electron chi connectivity index (χ1n) is 8.75. The maximum Gasteiger partial charge on any atom is 0.253 e. The van der Waals surface area contributed by atoms with Crippen molar-refractivity contribution < 1.29 is 4.79 Å². The van der Waals surface area contributed by atoms with E-state index in [-0.39, 0.29) is 11.9 Å². The van der Waals surface area contributed by atoms with Crippen LogP contribution in [0.3, 0.4) is 0 Å². The van der Waals surface area contributed by atoms with Crippen LogP contribution in [-0.2, 0) is 6.42 Å². The lowest BCUT2D eigenvalue weighted by atomic mass is 9.76. The molecule has 2 aromatic rings. The third kappa shape index (κ3) is 3.60. The molecule has 5 rings (SSSR count). The van der Waals surface area contributed by atoms with E-state index in [4.69, 9.17) is 0 Å². The SMILES string of the molecule is O=C(N[C@@H]1C2CCN(CC2)[C@@H]1Cc1cccnc1)c1cncc(Br)c1. The number of hydrogen-bond donors (Lipinski definition) is 1. The molecule has 130 valence electrons. The predicted octanol–water partition coefficient (Wildman–Crippen LogP) is 2.67. The van der Waals surface area contributed by atoms with Crippen LogP contribution in [0.1, 0.15) is 28.8 Å². The number of nitrogens with one attached hydrogen (secondary N) is 1. The smallest absolute Gasteiger partial charge is 0.253 e. The van der Waals surface area contributed by atoms with Crippen molar-refractivity contribution in [2.45, 2.75) is 31.3 Å². The van der Waals surface area contributed by atoms with E-state index in [2.05, 4.69) is 42.2 Å². The normalized spacial score (nSPS) is 27.9. The van der Waals surface area contributed by atoms with Crippen molar-refractivity contribution in [3.05, 3.63) is 58.6 Å². The molecule has 3 aliphatic rings. The minimum atomic E-state index is -0.0382. The Hall–Kier alpha value is -1.79. The van der Waals surface area contributed by atoms with Crippen LogP contribution in [0, 0.1) is 5.92 Å². The zero-order valence-corrected chi connectivity index (χ0v) is 15.5. The van der Waals surface area contributed by atoms with Gasteiger partial charge in [-0.3, -0.25) is 19.7 Å². The molecule has 0 aliphatic carbocycles. The van der Waals surface area contributed by atoms with Gasteiger partial charge >= 0.3 is 0 Å². The Morgan fingerprint density at radius 1 is 1.24 bits per heavy atom. The van der Waals surface area contributed by atoms with Crippen LogP contribution in [0.2, 0.25) is 0 Å². The summed E-state index contributed by atoms with van der Waals surface area (Å²) in [6.45, 7) is 2.25. The summed E-state index contributed by atoms with van der Waals surface area (Å²) in [5.74, 6) is 0.513. The maximum absolute atomic E-state index is 12.7. The summed E-state index contributed by atoms with van der Waals surface area (Å²) in [5, 5.41) is 3.30. The Balaban J connectivity index is 1.54. The zero-order valence-electron chi connectivity index (χ0n) is 13.9. The van der Waals surface area contributed by atoms with Crippen LogP contribution < -0.4 is 5.32 Å². The quantitative estimate of drug-likeness (QED) is 0.856. The second-order valence-corrected chi connectivity index (χ2v) is 7.81. The number of carbonyl (C=O) groups excluding carboxylic acids is 1. The first kappa shape index (κ1) is 16.7. The third-order valence-corrected chi connectivity index (χ3v) is 5.83. The first-order chi connectivity index (χ1) is 12.2. The van der Waals surface area contributed by atoms with Crippen LogP contribution >= 0.6 is 15.9 Å². The summed E-state index contributed by atoms with van der Waals surface area (Å²) < 4.78 is 0.820. The number of piperidine rings is 3. The highest BCUT2D eigenvalue weighted by molar-refractivity contribution is 9.10. The molecule has 3 fully saturated rings. The first-order valence-corrected chi connectivity index (χ1v) is 9.54. The van der Waals surface area contributed by atoms with Gasteiger partial charge in [0.1, 0.15) is 0 Å². The molecule has 1 amide bonds. The fourth-order valence-corrected chi connectivity index (χ4v) is 4.52. The van der Waals surface area contributed by atoms with Crippen LogP contribution in [0.4, 0.5) is 0 Å². The maximum atomic E-state index is 12.7. The predicted molar refractivity (Wildman–Crippen MR) is 99.2 cm³/mol. The highest BCUT2D eigenvalue weighted by Crippen LogP contribution is 2.34. The fraction of sp³-hybridized carbons (Fsp3) is 0.421. The second kappa shape index (κ2) is 7.22. The number of amides is 1. The van der Waals surface area contributed by atoms with Crippen molar-refractivity contribution in [3.8, 4) is 0 Å². The molecule has 0 radical (unpaired) electrons. The summed E-state index contributed by atoms with van der Waals surface area (Å²) in [6.07, 6.45) is 10.3. The third-order valence-electron chi connectivity index (χ3n) is 5.40. The number of nitrogens with zero attached hydrogens (tertiary/aromatic N) is 3. The van der Waals surface area contributed by atoms with E-state index in [1.54, 1.807) is 18.6 Å². The molecular weight excluding hydrogens is 380 g/mol. The summed E-state index contributed by atoms with van der Waals surface area (Å²) in [6, 6.07) is 6.43. The van der Waals surface area contributed by atoms with Crippen LogP contribution in [0.5, 0.6) is 0 Å². The summed E-state index contributed by atoms with van der Waals surface area (Å²) in [7, 11) is 0. The molecule has 3 saturated heterocycles. The number of hydrogen-bond acceptors (Lipinski definition) is 4. The van der Waals surface area contributed by atoms with E-state index >= 15 is 0 Å². The summed E-state index contributed by atoms with van der Waals surface area (Å²) >= 11 is 3.39. The average molecular weight is 401 g/mol. The Morgan fingerprint density at radius 2 is 2.08 bits per heavy atom. The van der Waals surface area contributed by atoms with Gasteiger partial charge in [0.2, 0.25) is 0 Å². The van der Waals surface area contributed by atoms with Crippen molar-refractivity contribution in [1.29, 1.82) is 0 Å². The average Bonchev–Trinajstić information content (AvgIpc) is 2.65. The number of fused-ring (bicyclic) bond motifs is 3. The molecule has 5 nitrogen and oxygen atoms in total. The van der Waals surface area contributed by atoms with E-state index in [9.17, 15) is 4.79 Å². The Bertz CT molecular complexity index is 746. The Labute approximate surface area is 156 Å². The minimum absolute atomic E-state index is 0.0382. The van der Waals surface area contributed by atoms with Gasteiger partial charge in [0.25, 0.3) is 5.91 Å². The number of rotatable bonds is 4. The van der Waals surface area contributed by atoms with Gasteiger partial charge in [0, 0.05) is 41.3 Å². The Morgan fingerprint density at radius 3 is 2.80 bits per heavy atom. The molecule has 5 heterocycles. The van der Waals surface area contributed by atoms with Gasteiger partial charge in [-0.25, -0.2) is 0 Å². The highest BCUT2D eigenvalue weighted by atomic mass is 79.9. The molecule has 0 unspecified atom stereocenters. The van der Waals surface area contributed by atoms with Crippen molar-refractivity contribution in [1.82, 2.24) is 20.2 Å². The van der Waals surface area contributed by atoms with Gasteiger partial charge < -0.3 is 5.32 Å². The highest BCUT2D eigenvalue weighted by Gasteiger charge is 2.42. The number of pyridine rings is 2. The molecule has 3 aliphatic heterocycles. The summed E-state index contributed by atoms with van der Waals surface area (Å²) in [5.41, 5.74) is 1.83. The van der Waals surface area contributed by atoms with E-state index < -0.39 is 0 Å². The van der Waals surface area contributed by atoms with Crippen molar-refractivity contribution in [2.24, 2.45) is 5.92 Å². The van der Waals surface area contributed by atoms with E-state index in [1.807, 2.05) is 18.3 Å². The van der Waals surface area contributed by atoms with E-state index in [0.29, 0.717) is 17.5 Å². The molecule has 6 heteroatoms. The van der Waals surface area contributed by atoms with E-state index in [1.165, 1.54) is 5.56 Å². The molecule has 1 N–H and O–H groups in total. The Kier molecular flexibility index (Phi) is 4.81. The van der Waals surface area contributed by atoms with Gasteiger partial charge in [-0.05, 0) is 71.9 Å². The number of carbonyl (C=O) groups is 1. The van der Waals surface area contributed by atoms with Gasteiger partial charge in [0.15, 0.2) is 0 Å². The molecule has 2 aromatic heterocycles. The van der Waals surface area contributed by atoms with Gasteiger partial charge in [0.05, 0.1) is 5.56 Å². The van der Waals surface area contributed by atoms with Gasteiger partial charge in [-0.15, -0.1) is 0 Å². The van der Waals surface area contributed by atoms with Gasteiger partial charge in [-0.1, -0.05) is 6.07 Å². The zero-order chi connectivity index (χ0) is 17.2. The second-order valence-electron chi connectivity index (χ2n) is 6.90. The van der Waals surface area contributed by atoms with Crippen molar-refractivity contribution >= 4 is 21.8 Å².